The van der Waals surface area contributed by atoms with Gasteiger partial charge in [0.2, 0.25) is 0 Å². The Labute approximate surface area is 161 Å². The Hall–Kier alpha value is -3.42. The van der Waals surface area contributed by atoms with Crippen LogP contribution in [-0.2, 0) is 6.54 Å². The van der Waals surface area contributed by atoms with Crippen molar-refractivity contribution in [2.24, 2.45) is 0 Å². The lowest BCUT2D eigenvalue weighted by Crippen LogP contribution is -2.37. The lowest BCUT2D eigenvalue weighted by molar-refractivity contribution is 0.236. The second-order valence-corrected chi connectivity index (χ2v) is 6.11. The molecule has 8 heteroatoms. The van der Waals surface area contributed by atoms with E-state index in [2.05, 4.69) is 15.7 Å². The Morgan fingerprint density at radius 2 is 2.00 bits per heavy atom. The second-order valence-electron chi connectivity index (χ2n) is 6.11. The number of carbonyl (C=O) groups is 1. The molecule has 0 bridgehead atoms. The van der Waals surface area contributed by atoms with Crippen molar-refractivity contribution >= 4 is 6.03 Å². The predicted octanol–water partition coefficient (Wildman–Crippen LogP) is 3.34. The number of ether oxygens (including phenoxy) is 1. The fourth-order valence-electron chi connectivity index (χ4n) is 2.54. The summed E-state index contributed by atoms with van der Waals surface area (Å²) in [5.41, 5.74) is 1.84. The summed E-state index contributed by atoms with van der Waals surface area (Å²) in [6.45, 7) is 2.86. The quantitative estimate of drug-likeness (QED) is 0.612. The molecule has 2 amide bonds. The van der Waals surface area contributed by atoms with E-state index in [1.807, 2.05) is 31.2 Å². The van der Waals surface area contributed by atoms with Gasteiger partial charge in [-0.05, 0) is 30.7 Å². The van der Waals surface area contributed by atoms with Crippen LogP contribution in [0, 0.1) is 18.6 Å². The van der Waals surface area contributed by atoms with E-state index in [1.165, 1.54) is 16.9 Å². The van der Waals surface area contributed by atoms with E-state index in [-0.39, 0.29) is 18.3 Å². The van der Waals surface area contributed by atoms with Gasteiger partial charge in [0.1, 0.15) is 23.9 Å². The Balaban J connectivity index is 1.42. The van der Waals surface area contributed by atoms with Crippen LogP contribution in [0.1, 0.15) is 11.1 Å². The number of halogens is 2. The molecule has 1 heterocycles. The van der Waals surface area contributed by atoms with Crippen molar-refractivity contribution in [1.82, 2.24) is 20.4 Å². The Morgan fingerprint density at radius 3 is 2.79 bits per heavy atom. The van der Waals surface area contributed by atoms with Crippen LogP contribution in [0.3, 0.4) is 0 Å². The Kier molecular flexibility index (Phi) is 6.21. The lowest BCUT2D eigenvalue weighted by Gasteiger charge is -2.10. The molecule has 28 heavy (non-hydrogen) atoms. The van der Waals surface area contributed by atoms with Gasteiger partial charge < -0.3 is 15.4 Å². The largest absolute Gasteiger partial charge is 0.491 e. The summed E-state index contributed by atoms with van der Waals surface area (Å²) in [4.78, 5) is 11.9. The number of para-hydroxylation sites is 1. The van der Waals surface area contributed by atoms with Gasteiger partial charge in [-0.2, -0.15) is 5.10 Å². The van der Waals surface area contributed by atoms with Gasteiger partial charge in [-0.3, -0.25) is 0 Å². The Morgan fingerprint density at radius 1 is 1.18 bits per heavy atom. The van der Waals surface area contributed by atoms with E-state index < -0.39 is 11.6 Å². The minimum absolute atomic E-state index is 0.130. The molecule has 6 nitrogen and oxygen atoms in total. The van der Waals surface area contributed by atoms with Crippen molar-refractivity contribution < 1.29 is 18.3 Å². The van der Waals surface area contributed by atoms with Gasteiger partial charge in [-0.25, -0.2) is 18.3 Å². The molecule has 0 aliphatic heterocycles. The van der Waals surface area contributed by atoms with Crippen molar-refractivity contribution in [3.63, 3.8) is 0 Å². The van der Waals surface area contributed by atoms with E-state index in [0.717, 1.165) is 23.4 Å². The average Bonchev–Trinajstić information content (AvgIpc) is 3.13. The summed E-state index contributed by atoms with van der Waals surface area (Å²) < 4.78 is 33.7. The highest BCUT2D eigenvalue weighted by Crippen LogP contribution is 2.16. The monoisotopic (exact) mass is 386 g/mol. The molecule has 146 valence electrons. The van der Waals surface area contributed by atoms with Crippen molar-refractivity contribution in [2.75, 3.05) is 13.2 Å². The third-order valence-electron chi connectivity index (χ3n) is 3.98. The van der Waals surface area contributed by atoms with Gasteiger partial charge in [-0.15, -0.1) is 0 Å². The topological polar surface area (TPSA) is 68.2 Å². The standard InChI is InChI=1S/C20H20F2N4O2/c1-14-4-2-3-5-19(14)28-9-8-23-20(27)24-11-15-12-25-26(13-15)18-7-6-16(21)10-17(18)22/h2-7,10,12-13H,8-9,11H2,1H3,(H2,23,24,27). The molecule has 0 aliphatic rings. The van der Waals surface area contributed by atoms with Crippen LogP contribution in [0.15, 0.2) is 54.9 Å². The van der Waals surface area contributed by atoms with Gasteiger partial charge in [-0.1, -0.05) is 18.2 Å². The van der Waals surface area contributed by atoms with Gasteiger partial charge in [0.15, 0.2) is 5.82 Å². The SMILES string of the molecule is Cc1ccccc1OCCNC(=O)NCc1cnn(-c2ccc(F)cc2F)c1. The summed E-state index contributed by atoms with van der Waals surface area (Å²) in [5.74, 6) is -0.586. The summed E-state index contributed by atoms with van der Waals surface area (Å²) in [7, 11) is 0. The van der Waals surface area contributed by atoms with E-state index >= 15 is 0 Å². The molecule has 0 saturated carbocycles. The number of aromatic nitrogens is 2. The molecule has 0 atom stereocenters. The Bertz CT molecular complexity index is 959. The maximum Gasteiger partial charge on any atom is 0.315 e. The zero-order chi connectivity index (χ0) is 19.9. The third-order valence-corrected chi connectivity index (χ3v) is 3.98. The van der Waals surface area contributed by atoms with Crippen molar-refractivity contribution in [3.05, 3.63) is 77.6 Å². The van der Waals surface area contributed by atoms with Crippen molar-refractivity contribution in [1.29, 1.82) is 0 Å². The number of hydrogen-bond acceptors (Lipinski definition) is 3. The molecule has 0 saturated heterocycles. The van der Waals surface area contributed by atoms with Gasteiger partial charge in [0.05, 0.1) is 12.7 Å². The molecular formula is C20H20F2N4O2. The third kappa shape index (κ3) is 5.06. The highest BCUT2D eigenvalue weighted by atomic mass is 19.1. The molecule has 0 fully saturated rings. The minimum Gasteiger partial charge on any atom is -0.491 e. The van der Waals surface area contributed by atoms with Crippen LogP contribution in [0.5, 0.6) is 5.75 Å². The van der Waals surface area contributed by atoms with Crippen molar-refractivity contribution in [3.8, 4) is 11.4 Å². The summed E-state index contributed by atoms with van der Waals surface area (Å²) in [6, 6.07) is 10.5. The number of nitrogens with zero attached hydrogens (tertiary/aromatic N) is 2. The first-order valence-corrected chi connectivity index (χ1v) is 8.72. The minimum atomic E-state index is -0.714. The van der Waals surface area contributed by atoms with Crippen LogP contribution in [0.4, 0.5) is 13.6 Å². The molecule has 0 unspecified atom stereocenters. The smallest absolute Gasteiger partial charge is 0.315 e. The molecular weight excluding hydrogens is 366 g/mol. The number of aryl methyl sites for hydroxylation is 1. The van der Waals surface area contributed by atoms with E-state index in [4.69, 9.17) is 4.74 Å². The van der Waals surface area contributed by atoms with E-state index in [1.54, 1.807) is 6.20 Å². The highest BCUT2D eigenvalue weighted by molar-refractivity contribution is 5.73. The normalized spacial score (nSPS) is 10.5. The zero-order valence-corrected chi connectivity index (χ0v) is 15.3. The fraction of sp³-hybridized carbons (Fsp3) is 0.200. The van der Waals surface area contributed by atoms with Gasteiger partial charge in [0, 0.05) is 24.4 Å². The summed E-state index contributed by atoms with van der Waals surface area (Å²) in [5, 5.41) is 9.41. The second kappa shape index (κ2) is 8.98. The lowest BCUT2D eigenvalue weighted by atomic mass is 10.2. The molecule has 2 N–H and O–H groups in total. The number of hydrogen-bond donors (Lipinski definition) is 2. The first-order valence-electron chi connectivity index (χ1n) is 8.72. The molecule has 2 aromatic carbocycles. The number of urea groups is 1. The van der Waals surface area contributed by atoms with Crippen LogP contribution in [-0.4, -0.2) is 29.0 Å². The van der Waals surface area contributed by atoms with Crippen LogP contribution >= 0.6 is 0 Å². The summed E-state index contributed by atoms with van der Waals surface area (Å²) >= 11 is 0. The number of nitrogens with one attached hydrogen (secondary N) is 2. The van der Waals surface area contributed by atoms with Crippen LogP contribution in [0.25, 0.3) is 5.69 Å². The first-order chi connectivity index (χ1) is 13.5. The molecule has 0 radical (unpaired) electrons. The maximum atomic E-state index is 13.8. The molecule has 1 aromatic heterocycles. The molecule has 3 rings (SSSR count). The van der Waals surface area contributed by atoms with E-state index in [0.29, 0.717) is 18.7 Å². The molecule has 3 aromatic rings. The van der Waals surface area contributed by atoms with Crippen molar-refractivity contribution in [2.45, 2.75) is 13.5 Å². The predicted molar refractivity (Wildman–Crippen MR) is 100 cm³/mol. The maximum absolute atomic E-state index is 13.8. The summed E-state index contributed by atoms with van der Waals surface area (Å²) in [6.07, 6.45) is 3.07. The van der Waals surface area contributed by atoms with Crippen LogP contribution < -0.4 is 15.4 Å². The highest BCUT2D eigenvalue weighted by Gasteiger charge is 2.08. The average molecular weight is 386 g/mol. The van der Waals surface area contributed by atoms with Gasteiger partial charge in [0.25, 0.3) is 0 Å². The first kappa shape index (κ1) is 19.3. The zero-order valence-electron chi connectivity index (χ0n) is 15.3. The number of carbonyl (C=O) groups excluding carboxylic acids is 1. The number of rotatable bonds is 7. The number of amides is 2. The van der Waals surface area contributed by atoms with Gasteiger partial charge >= 0.3 is 6.03 Å². The van der Waals surface area contributed by atoms with Crippen LogP contribution in [0.2, 0.25) is 0 Å². The molecule has 0 aliphatic carbocycles. The van der Waals surface area contributed by atoms with E-state index in [9.17, 15) is 13.6 Å². The molecule has 0 spiro atoms. The number of benzene rings is 2. The fourth-order valence-corrected chi connectivity index (χ4v) is 2.54.